The predicted octanol–water partition coefficient (Wildman–Crippen LogP) is 3.42. The highest BCUT2D eigenvalue weighted by Crippen LogP contribution is 2.21. The number of hydrogen-bond donors (Lipinski definition) is 0. The lowest BCUT2D eigenvalue weighted by atomic mass is 10.2. The minimum absolute atomic E-state index is 0.0273. The van der Waals surface area contributed by atoms with Gasteiger partial charge in [0.2, 0.25) is 5.91 Å². The van der Waals surface area contributed by atoms with Gasteiger partial charge in [0.1, 0.15) is 0 Å². The molecule has 8 heteroatoms. The molecule has 1 amide bonds. The maximum absolute atomic E-state index is 13.2. The van der Waals surface area contributed by atoms with Gasteiger partial charge in [-0.1, -0.05) is 35.8 Å². The molecule has 0 bridgehead atoms. The molecule has 0 fully saturated rings. The zero-order valence-corrected chi connectivity index (χ0v) is 19.0. The van der Waals surface area contributed by atoms with E-state index in [2.05, 4.69) is 49.7 Å². The standard InChI is InChI=1S/C21H27BrN6O/c1-5-26(6-2)10-11-27(18-9-7-8-17(22)13-18)20(29)14-19-24-21-23-15(3)12-16(4)28(21)25-19/h7-9,12-13H,5-6,10-11,14H2,1-4H3. The lowest BCUT2D eigenvalue weighted by molar-refractivity contribution is -0.118. The molecular formula is C21H27BrN6O. The fraction of sp³-hybridized carbons (Fsp3) is 0.429. The molecule has 0 unspecified atom stereocenters. The maximum Gasteiger partial charge on any atom is 0.252 e. The Morgan fingerprint density at radius 3 is 2.55 bits per heavy atom. The predicted molar refractivity (Wildman–Crippen MR) is 118 cm³/mol. The van der Waals surface area contributed by atoms with E-state index in [1.165, 1.54) is 0 Å². The summed E-state index contributed by atoms with van der Waals surface area (Å²) in [6, 6.07) is 9.77. The van der Waals surface area contributed by atoms with E-state index in [1.54, 1.807) is 4.52 Å². The molecule has 0 saturated heterocycles. The van der Waals surface area contributed by atoms with Crippen LogP contribution in [0.25, 0.3) is 5.78 Å². The largest absolute Gasteiger partial charge is 0.311 e. The molecule has 0 saturated carbocycles. The van der Waals surface area contributed by atoms with Crippen LogP contribution in [0, 0.1) is 13.8 Å². The molecule has 0 atom stereocenters. The van der Waals surface area contributed by atoms with Gasteiger partial charge in [-0.25, -0.2) is 9.50 Å². The second-order valence-corrected chi connectivity index (χ2v) is 7.92. The second kappa shape index (κ2) is 9.45. The van der Waals surface area contributed by atoms with Crippen LogP contribution in [0.5, 0.6) is 0 Å². The van der Waals surface area contributed by atoms with Crippen LogP contribution in [0.4, 0.5) is 5.69 Å². The Hall–Kier alpha value is -2.32. The smallest absolute Gasteiger partial charge is 0.252 e. The van der Waals surface area contributed by atoms with Gasteiger partial charge in [0.15, 0.2) is 5.82 Å². The molecule has 0 aliphatic heterocycles. The van der Waals surface area contributed by atoms with Gasteiger partial charge in [-0.2, -0.15) is 4.98 Å². The number of benzene rings is 1. The molecule has 0 radical (unpaired) electrons. The summed E-state index contributed by atoms with van der Waals surface area (Å²) in [6.07, 6.45) is 0.132. The third-order valence-electron chi connectivity index (χ3n) is 4.93. The molecule has 7 nitrogen and oxygen atoms in total. The first-order chi connectivity index (χ1) is 13.9. The number of carbonyl (C=O) groups is 1. The van der Waals surface area contributed by atoms with Crippen LogP contribution in [0.2, 0.25) is 0 Å². The van der Waals surface area contributed by atoms with Crippen LogP contribution in [-0.4, -0.2) is 56.6 Å². The number of aromatic nitrogens is 4. The lowest BCUT2D eigenvalue weighted by Crippen LogP contribution is -2.39. The SMILES string of the molecule is CCN(CC)CCN(C(=O)Cc1nc2nc(C)cc(C)n2n1)c1cccc(Br)c1. The van der Waals surface area contributed by atoms with Crippen molar-refractivity contribution in [1.29, 1.82) is 0 Å². The van der Waals surface area contributed by atoms with E-state index in [0.29, 0.717) is 18.1 Å². The van der Waals surface area contributed by atoms with E-state index in [-0.39, 0.29) is 12.3 Å². The molecule has 0 aliphatic carbocycles. The van der Waals surface area contributed by atoms with Crippen LogP contribution >= 0.6 is 15.9 Å². The number of hydrogen-bond acceptors (Lipinski definition) is 5. The van der Waals surface area contributed by atoms with Crippen molar-refractivity contribution in [2.24, 2.45) is 0 Å². The fourth-order valence-electron chi connectivity index (χ4n) is 3.34. The van der Waals surface area contributed by atoms with E-state index in [1.807, 2.05) is 49.1 Å². The highest BCUT2D eigenvalue weighted by molar-refractivity contribution is 9.10. The topological polar surface area (TPSA) is 66.6 Å². The zero-order chi connectivity index (χ0) is 21.0. The fourth-order valence-corrected chi connectivity index (χ4v) is 3.72. The number of fused-ring (bicyclic) bond motifs is 1. The zero-order valence-electron chi connectivity index (χ0n) is 17.4. The number of halogens is 1. The Kier molecular flexibility index (Phi) is 6.97. The molecule has 0 aliphatic rings. The number of anilines is 1. The van der Waals surface area contributed by atoms with Crippen LogP contribution in [0.15, 0.2) is 34.8 Å². The quantitative estimate of drug-likeness (QED) is 0.517. The first kappa shape index (κ1) is 21.4. The van der Waals surface area contributed by atoms with Gasteiger partial charge >= 0.3 is 0 Å². The number of nitrogens with zero attached hydrogens (tertiary/aromatic N) is 6. The Balaban J connectivity index is 1.84. The molecule has 0 N–H and O–H groups in total. The summed E-state index contributed by atoms with van der Waals surface area (Å²) >= 11 is 3.51. The van der Waals surface area contributed by atoms with Gasteiger partial charge in [-0.3, -0.25) is 4.79 Å². The van der Waals surface area contributed by atoms with Crippen LogP contribution < -0.4 is 4.90 Å². The van der Waals surface area contributed by atoms with Crippen molar-refractivity contribution in [2.75, 3.05) is 31.1 Å². The Bertz CT molecular complexity index is 998. The van der Waals surface area contributed by atoms with Crippen molar-refractivity contribution in [2.45, 2.75) is 34.1 Å². The summed E-state index contributed by atoms with van der Waals surface area (Å²) in [4.78, 5) is 26.2. The molecule has 3 rings (SSSR count). The van der Waals surface area contributed by atoms with Gasteiger partial charge in [-0.05, 0) is 51.2 Å². The first-order valence-electron chi connectivity index (χ1n) is 9.89. The van der Waals surface area contributed by atoms with E-state index in [0.717, 1.165) is 41.2 Å². The van der Waals surface area contributed by atoms with Gasteiger partial charge in [0, 0.05) is 34.6 Å². The van der Waals surface area contributed by atoms with E-state index >= 15 is 0 Å². The van der Waals surface area contributed by atoms with Crippen molar-refractivity contribution in [1.82, 2.24) is 24.5 Å². The number of carbonyl (C=O) groups excluding carboxylic acids is 1. The Morgan fingerprint density at radius 1 is 1.10 bits per heavy atom. The summed E-state index contributed by atoms with van der Waals surface area (Å²) in [7, 11) is 0. The minimum Gasteiger partial charge on any atom is -0.311 e. The summed E-state index contributed by atoms with van der Waals surface area (Å²) in [5, 5.41) is 4.49. The average molecular weight is 459 g/mol. The summed E-state index contributed by atoms with van der Waals surface area (Å²) in [5.41, 5.74) is 2.70. The van der Waals surface area contributed by atoms with E-state index in [9.17, 15) is 4.79 Å². The van der Waals surface area contributed by atoms with Crippen LogP contribution in [0.3, 0.4) is 0 Å². The first-order valence-corrected chi connectivity index (χ1v) is 10.7. The number of rotatable bonds is 8. The molecule has 3 aromatic rings. The Morgan fingerprint density at radius 2 is 1.86 bits per heavy atom. The molecule has 2 aromatic heterocycles. The van der Waals surface area contributed by atoms with Gasteiger partial charge in [0.05, 0.1) is 6.42 Å². The van der Waals surface area contributed by atoms with Crippen molar-refractivity contribution in [3.05, 3.63) is 52.0 Å². The van der Waals surface area contributed by atoms with Crippen LogP contribution in [-0.2, 0) is 11.2 Å². The van der Waals surface area contributed by atoms with Gasteiger partial charge in [-0.15, -0.1) is 5.10 Å². The van der Waals surface area contributed by atoms with Gasteiger partial charge < -0.3 is 9.80 Å². The van der Waals surface area contributed by atoms with Crippen molar-refractivity contribution in [3.63, 3.8) is 0 Å². The minimum atomic E-state index is -0.0273. The Labute approximate surface area is 179 Å². The van der Waals surface area contributed by atoms with E-state index in [4.69, 9.17) is 0 Å². The molecule has 29 heavy (non-hydrogen) atoms. The summed E-state index contributed by atoms with van der Waals surface area (Å²) in [6.45, 7) is 11.5. The van der Waals surface area contributed by atoms with Crippen LogP contribution in [0.1, 0.15) is 31.1 Å². The summed E-state index contributed by atoms with van der Waals surface area (Å²) < 4.78 is 2.63. The maximum atomic E-state index is 13.2. The van der Waals surface area contributed by atoms with Crippen molar-refractivity contribution >= 4 is 33.3 Å². The summed E-state index contributed by atoms with van der Waals surface area (Å²) in [5.74, 6) is 0.988. The monoisotopic (exact) mass is 458 g/mol. The molecule has 0 spiro atoms. The second-order valence-electron chi connectivity index (χ2n) is 7.01. The molecule has 154 valence electrons. The highest BCUT2D eigenvalue weighted by Gasteiger charge is 2.20. The lowest BCUT2D eigenvalue weighted by Gasteiger charge is -2.26. The average Bonchev–Trinajstić information content (AvgIpc) is 3.07. The highest BCUT2D eigenvalue weighted by atomic mass is 79.9. The normalized spacial score (nSPS) is 11.4. The molecule has 1 aromatic carbocycles. The third kappa shape index (κ3) is 5.19. The molecular weight excluding hydrogens is 432 g/mol. The third-order valence-corrected chi connectivity index (χ3v) is 5.42. The molecule has 2 heterocycles. The number of likely N-dealkylation sites (N-methyl/N-ethyl adjacent to an activating group) is 1. The number of amides is 1. The number of aryl methyl sites for hydroxylation is 2. The van der Waals surface area contributed by atoms with Crippen molar-refractivity contribution in [3.8, 4) is 0 Å². The van der Waals surface area contributed by atoms with E-state index < -0.39 is 0 Å². The van der Waals surface area contributed by atoms with Gasteiger partial charge in [0.25, 0.3) is 5.78 Å². The van der Waals surface area contributed by atoms with Crippen molar-refractivity contribution < 1.29 is 4.79 Å².